The van der Waals surface area contributed by atoms with Gasteiger partial charge in [-0.15, -0.1) is 0 Å². The van der Waals surface area contributed by atoms with Crippen LogP contribution in [0.25, 0.3) is 0 Å². The Morgan fingerprint density at radius 3 is 2.86 bits per heavy atom. The predicted molar refractivity (Wildman–Crippen MR) is 54.6 cm³/mol. The van der Waals surface area contributed by atoms with Crippen molar-refractivity contribution in [3.63, 3.8) is 0 Å². The van der Waals surface area contributed by atoms with Crippen LogP contribution in [0.15, 0.2) is 30.3 Å². The summed E-state index contributed by atoms with van der Waals surface area (Å²) >= 11 is 0. The van der Waals surface area contributed by atoms with E-state index in [9.17, 15) is 0 Å². The van der Waals surface area contributed by atoms with Crippen molar-refractivity contribution in [3.8, 4) is 0 Å². The second kappa shape index (κ2) is 3.37. The Morgan fingerprint density at radius 1 is 1.21 bits per heavy atom. The van der Waals surface area contributed by atoms with Crippen molar-refractivity contribution >= 4 is 0 Å². The minimum Gasteiger partial charge on any atom is -0.291 e. The molecule has 1 aromatic carbocycles. The lowest BCUT2D eigenvalue weighted by Crippen LogP contribution is -2.25. The van der Waals surface area contributed by atoms with Crippen molar-refractivity contribution in [1.82, 2.24) is 5.06 Å². The molecule has 0 N–H and O–H groups in total. The summed E-state index contributed by atoms with van der Waals surface area (Å²) in [5, 5.41) is 2.13. The fourth-order valence-electron chi connectivity index (χ4n) is 2.54. The average molecular weight is 189 g/mol. The van der Waals surface area contributed by atoms with E-state index < -0.39 is 0 Å². The van der Waals surface area contributed by atoms with Crippen LogP contribution in [-0.4, -0.2) is 18.2 Å². The van der Waals surface area contributed by atoms with E-state index in [0.717, 1.165) is 13.1 Å². The number of hydroxylamine groups is 2. The second-order valence-corrected chi connectivity index (χ2v) is 4.23. The maximum Gasteiger partial charge on any atom is 0.108 e. The summed E-state index contributed by atoms with van der Waals surface area (Å²) in [6.07, 6.45) is 2.92. The quantitative estimate of drug-likeness (QED) is 0.672. The van der Waals surface area contributed by atoms with Gasteiger partial charge in [0.15, 0.2) is 0 Å². The highest BCUT2D eigenvalue weighted by molar-refractivity contribution is 5.19. The van der Waals surface area contributed by atoms with Crippen LogP contribution in [0.5, 0.6) is 0 Å². The topological polar surface area (TPSA) is 12.5 Å². The number of benzene rings is 1. The molecule has 3 rings (SSSR count). The van der Waals surface area contributed by atoms with Gasteiger partial charge in [-0.05, 0) is 18.4 Å². The molecule has 2 aliphatic heterocycles. The molecule has 74 valence electrons. The Kier molecular flexibility index (Phi) is 2.03. The highest BCUT2D eigenvalue weighted by atomic mass is 16.7. The number of fused-ring (bicyclic) bond motifs is 2. The molecule has 2 saturated heterocycles. The Balaban J connectivity index is 1.86. The zero-order chi connectivity index (χ0) is 9.38. The van der Waals surface area contributed by atoms with Gasteiger partial charge in [0.25, 0.3) is 0 Å². The van der Waals surface area contributed by atoms with Gasteiger partial charge < -0.3 is 0 Å². The van der Waals surface area contributed by atoms with Crippen molar-refractivity contribution in [2.75, 3.05) is 13.1 Å². The molecule has 1 unspecified atom stereocenters. The SMILES string of the molecule is c1ccc([C@@H]2ON3CCC[C@@H]2C3)cc1. The molecule has 2 nitrogen and oxygen atoms in total. The zero-order valence-corrected chi connectivity index (χ0v) is 8.23. The minimum atomic E-state index is 0.318. The van der Waals surface area contributed by atoms with Crippen LogP contribution in [0.3, 0.4) is 0 Å². The largest absolute Gasteiger partial charge is 0.291 e. The van der Waals surface area contributed by atoms with Crippen LogP contribution in [0.4, 0.5) is 0 Å². The predicted octanol–water partition coefficient (Wildman–Crippen LogP) is 2.38. The third-order valence-corrected chi connectivity index (χ3v) is 3.24. The summed E-state index contributed by atoms with van der Waals surface area (Å²) in [4.78, 5) is 5.90. The number of hydrogen-bond acceptors (Lipinski definition) is 2. The zero-order valence-electron chi connectivity index (χ0n) is 8.23. The molecular weight excluding hydrogens is 174 g/mol. The van der Waals surface area contributed by atoms with E-state index in [0.29, 0.717) is 12.0 Å². The molecule has 0 aromatic heterocycles. The van der Waals surface area contributed by atoms with E-state index >= 15 is 0 Å². The third kappa shape index (κ3) is 1.35. The van der Waals surface area contributed by atoms with Gasteiger partial charge in [-0.2, -0.15) is 5.06 Å². The van der Waals surface area contributed by atoms with Gasteiger partial charge in [-0.25, -0.2) is 0 Å². The van der Waals surface area contributed by atoms with Crippen LogP contribution < -0.4 is 0 Å². The standard InChI is InChI=1S/C12H15NO/c1-2-5-10(6-3-1)12-11-7-4-8-13(9-11)14-12/h1-3,5-6,11-12H,4,7-9H2/t11-,12+/m1/s1. The van der Waals surface area contributed by atoms with Crippen LogP contribution in [0.1, 0.15) is 24.5 Å². The van der Waals surface area contributed by atoms with Gasteiger partial charge in [0.2, 0.25) is 0 Å². The van der Waals surface area contributed by atoms with E-state index in [1.165, 1.54) is 18.4 Å². The lowest BCUT2D eigenvalue weighted by molar-refractivity contribution is -0.144. The first-order valence-electron chi connectivity index (χ1n) is 5.40. The molecule has 3 atom stereocenters. The molecule has 2 aliphatic rings. The number of piperidine rings is 1. The summed E-state index contributed by atoms with van der Waals surface area (Å²) < 4.78 is 0. The minimum absolute atomic E-state index is 0.318. The smallest absolute Gasteiger partial charge is 0.108 e. The first kappa shape index (κ1) is 8.45. The van der Waals surface area contributed by atoms with Gasteiger partial charge in [-0.3, -0.25) is 4.84 Å². The van der Waals surface area contributed by atoms with Crippen LogP contribution in [0, 0.1) is 5.92 Å². The van der Waals surface area contributed by atoms with E-state index in [1.54, 1.807) is 0 Å². The fraction of sp³-hybridized carbons (Fsp3) is 0.500. The maximum absolute atomic E-state index is 5.90. The maximum atomic E-state index is 5.90. The van der Waals surface area contributed by atoms with E-state index in [-0.39, 0.29) is 0 Å². The van der Waals surface area contributed by atoms with Crippen LogP contribution >= 0.6 is 0 Å². The molecular formula is C12H15NO. The number of rotatable bonds is 1. The number of nitrogens with zero attached hydrogens (tertiary/aromatic N) is 1. The molecule has 0 aliphatic carbocycles. The molecule has 2 heterocycles. The summed E-state index contributed by atoms with van der Waals surface area (Å²) in [6.45, 7) is 2.24. The summed E-state index contributed by atoms with van der Waals surface area (Å²) in [5.41, 5.74) is 1.34. The van der Waals surface area contributed by atoms with E-state index in [1.807, 2.05) is 0 Å². The lowest BCUT2D eigenvalue weighted by atomic mass is 9.91. The Hall–Kier alpha value is -0.860. The molecule has 2 heteroatoms. The van der Waals surface area contributed by atoms with Crippen LogP contribution in [-0.2, 0) is 4.84 Å². The highest BCUT2D eigenvalue weighted by Gasteiger charge is 2.37. The second-order valence-electron chi connectivity index (χ2n) is 4.23. The number of hydrogen-bond donors (Lipinski definition) is 0. The molecule has 2 fully saturated rings. The monoisotopic (exact) mass is 189 g/mol. The van der Waals surface area contributed by atoms with Crippen molar-refractivity contribution in [2.24, 2.45) is 5.92 Å². The van der Waals surface area contributed by atoms with Crippen molar-refractivity contribution in [3.05, 3.63) is 35.9 Å². The van der Waals surface area contributed by atoms with E-state index in [4.69, 9.17) is 4.84 Å². The van der Waals surface area contributed by atoms with Crippen molar-refractivity contribution in [2.45, 2.75) is 18.9 Å². The fourth-order valence-corrected chi connectivity index (χ4v) is 2.54. The van der Waals surface area contributed by atoms with Gasteiger partial charge in [0.05, 0.1) is 0 Å². The molecule has 0 amide bonds. The normalized spacial score (nSPS) is 35.9. The Labute approximate surface area is 84.4 Å². The summed E-state index contributed by atoms with van der Waals surface area (Å²) in [5.74, 6) is 0.714. The third-order valence-electron chi connectivity index (χ3n) is 3.24. The Bertz CT molecular complexity index is 311. The lowest BCUT2D eigenvalue weighted by Gasteiger charge is -2.18. The van der Waals surface area contributed by atoms with Gasteiger partial charge in [0, 0.05) is 19.0 Å². The first-order chi connectivity index (χ1) is 6.93. The summed E-state index contributed by atoms with van der Waals surface area (Å²) in [7, 11) is 0. The van der Waals surface area contributed by atoms with Crippen molar-refractivity contribution < 1.29 is 4.84 Å². The van der Waals surface area contributed by atoms with Crippen LogP contribution in [0.2, 0.25) is 0 Å². The molecule has 0 saturated carbocycles. The summed E-state index contributed by atoms with van der Waals surface area (Å²) in [6, 6.07) is 10.6. The molecule has 2 bridgehead atoms. The van der Waals surface area contributed by atoms with Crippen molar-refractivity contribution in [1.29, 1.82) is 0 Å². The van der Waals surface area contributed by atoms with Gasteiger partial charge in [-0.1, -0.05) is 30.3 Å². The Morgan fingerprint density at radius 2 is 2.07 bits per heavy atom. The van der Waals surface area contributed by atoms with Gasteiger partial charge >= 0.3 is 0 Å². The molecule has 0 radical (unpaired) electrons. The van der Waals surface area contributed by atoms with Gasteiger partial charge in [0.1, 0.15) is 6.10 Å². The highest BCUT2D eigenvalue weighted by Crippen LogP contribution is 2.39. The average Bonchev–Trinajstić information content (AvgIpc) is 2.55. The first-order valence-corrected chi connectivity index (χ1v) is 5.40. The molecule has 14 heavy (non-hydrogen) atoms. The molecule has 0 spiro atoms. The molecule has 1 aromatic rings. The van der Waals surface area contributed by atoms with E-state index in [2.05, 4.69) is 35.4 Å².